The van der Waals surface area contributed by atoms with Gasteiger partial charge in [-0.2, -0.15) is 5.26 Å². The zero-order valence-corrected chi connectivity index (χ0v) is 7.64. The SMILES string of the molecule is N#CCCCN(CC(=O)O)CC(=O)O. The van der Waals surface area contributed by atoms with Gasteiger partial charge in [-0.15, -0.1) is 0 Å². The summed E-state index contributed by atoms with van der Waals surface area (Å²) < 4.78 is 0. The number of hydrogen-bond acceptors (Lipinski definition) is 4. The van der Waals surface area contributed by atoms with Crippen molar-refractivity contribution in [3.8, 4) is 6.07 Å². The third kappa shape index (κ3) is 7.06. The molecule has 0 spiro atoms. The quantitative estimate of drug-likeness (QED) is 0.550. The minimum atomic E-state index is -1.07. The van der Waals surface area contributed by atoms with Crippen molar-refractivity contribution in [2.45, 2.75) is 12.8 Å². The van der Waals surface area contributed by atoms with Gasteiger partial charge >= 0.3 is 11.9 Å². The summed E-state index contributed by atoms with van der Waals surface area (Å²) in [5, 5.41) is 25.1. The van der Waals surface area contributed by atoms with Gasteiger partial charge in [0.05, 0.1) is 19.2 Å². The van der Waals surface area contributed by atoms with Gasteiger partial charge in [-0.25, -0.2) is 0 Å². The molecule has 6 nitrogen and oxygen atoms in total. The second-order valence-corrected chi connectivity index (χ2v) is 2.76. The number of carbonyl (C=O) groups is 2. The lowest BCUT2D eigenvalue weighted by Gasteiger charge is -2.16. The summed E-state index contributed by atoms with van der Waals surface area (Å²) in [6, 6.07) is 1.91. The van der Waals surface area contributed by atoms with Gasteiger partial charge in [0.15, 0.2) is 0 Å². The molecule has 0 saturated heterocycles. The van der Waals surface area contributed by atoms with Crippen LogP contribution in [0.25, 0.3) is 0 Å². The molecule has 0 bridgehead atoms. The largest absolute Gasteiger partial charge is 0.480 e. The highest BCUT2D eigenvalue weighted by Gasteiger charge is 2.12. The van der Waals surface area contributed by atoms with Crippen LogP contribution in [0, 0.1) is 11.3 Å². The lowest BCUT2D eigenvalue weighted by molar-refractivity contribution is -0.141. The van der Waals surface area contributed by atoms with E-state index in [0.717, 1.165) is 0 Å². The fraction of sp³-hybridized carbons (Fsp3) is 0.625. The topological polar surface area (TPSA) is 102 Å². The first-order valence-electron chi connectivity index (χ1n) is 4.09. The molecule has 0 radical (unpaired) electrons. The molecule has 2 N–H and O–H groups in total. The van der Waals surface area contributed by atoms with Gasteiger partial charge in [-0.05, 0) is 6.42 Å². The molecule has 6 heteroatoms. The molecule has 0 aromatic carbocycles. The maximum atomic E-state index is 10.3. The van der Waals surface area contributed by atoms with Crippen LogP contribution in [0.1, 0.15) is 12.8 Å². The van der Waals surface area contributed by atoms with Crippen LogP contribution < -0.4 is 0 Å². The molecule has 0 atom stereocenters. The van der Waals surface area contributed by atoms with Crippen LogP contribution in [0.3, 0.4) is 0 Å². The van der Waals surface area contributed by atoms with Crippen LogP contribution in [0.4, 0.5) is 0 Å². The van der Waals surface area contributed by atoms with Gasteiger partial charge in [0, 0.05) is 13.0 Å². The first-order chi connectivity index (χ1) is 6.56. The van der Waals surface area contributed by atoms with E-state index in [1.165, 1.54) is 4.90 Å². The Morgan fingerprint density at radius 2 is 1.71 bits per heavy atom. The molecular formula is C8H12N2O4. The highest BCUT2D eigenvalue weighted by Crippen LogP contribution is 1.94. The monoisotopic (exact) mass is 200 g/mol. The molecule has 0 saturated carbocycles. The van der Waals surface area contributed by atoms with E-state index in [2.05, 4.69) is 0 Å². The molecule has 78 valence electrons. The van der Waals surface area contributed by atoms with Gasteiger partial charge in [0.2, 0.25) is 0 Å². The number of nitriles is 1. The van der Waals surface area contributed by atoms with Crippen molar-refractivity contribution in [1.29, 1.82) is 5.26 Å². The zero-order chi connectivity index (χ0) is 11.0. The highest BCUT2D eigenvalue weighted by atomic mass is 16.4. The predicted molar refractivity (Wildman–Crippen MR) is 46.6 cm³/mol. The van der Waals surface area contributed by atoms with E-state index in [1.807, 2.05) is 6.07 Å². The lowest BCUT2D eigenvalue weighted by Crippen LogP contribution is -2.35. The Morgan fingerprint density at radius 1 is 1.21 bits per heavy atom. The maximum Gasteiger partial charge on any atom is 0.317 e. The molecule has 0 aliphatic carbocycles. The summed E-state index contributed by atoms with van der Waals surface area (Å²) in [5.41, 5.74) is 0. The molecule has 0 rings (SSSR count). The van der Waals surface area contributed by atoms with Crippen LogP contribution in [0.5, 0.6) is 0 Å². The summed E-state index contributed by atoms with van der Waals surface area (Å²) in [5.74, 6) is -2.13. The Labute approximate surface area is 81.4 Å². The first kappa shape index (κ1) is 12.4. The number of carboxylic acids is 2. The van der Waals surface area contributed by atoms with E-state index in [1.54, 1.807) is 0 Å². The highest BCUT2D eigenvalue weighted by molar-refractivity contribution is 5.72. The van der Waals surface area contributed by atoms with Gasteiger partial charge in [0.1, 0.15) is 0 Å². The molecule has 0 aromatic rings. The van der Waals surface area contributed by atoms with Crippen molar-refractivity contribution in [2.75, 3.05) is 19.6 Å². The van der Waals surface area contributed by atoms with Crippen LogP contribution in [-0.2, 0) is 9.59 Å². The zero-order valence-electron chi connectivity index (χ0n) is 7.64. The summed E-state index contributed by atoms with van der Waals surface area (Å²) in [6.07, 6.45) is 0.785. The second-order valence-electron chi connectivity index (χ2n) is 2.76. The lowest BCUT2D eigenvalue weighted by atomic mass is 10.3. The summed E-state index contributed by atoms with van der Waals surface area (Å²) in [7, 11) is 0. The molecular weight excluding hydrogens is 188 g/mol. The Kier molecular flexibility index (Phi) is 6.07. The van der Waals surface area contributed by atoms with Gasteiger partial charge in [-0.3, -0.25) is 14.5 Å². The van der Waals surface area contributed by atoms with Crippen LogP contribution in [0.15, 0.2) is 0 Å². The smallest absolute Gasteiger partial charge is 0.317 e. The van der Waals surface area contributed by atoms with Crippen molar-refractivity contribution in [2.24, 2.45) is 0 Å². The second kappa shape index (κ2) is 6.86. The van der Waals surface area contributed by atoms with Crippen LogP contribution >= 0.6 is 0 Å². The average Bonchev–Trinajstić information content (AvgIpc) is 2.02. The predicted octanol–water partition coefficient (Wildman–Crippen LogP) is -0.239. The van der Waals surface area contributed by atoms with Gasteiger partial charge in [0.25, 0.3) is 0 Å². The number of aliphatic carboxylic acids is 2. The van der Waals surface area contributed by atoms with E-state index in [-0.39, 0.29) is 13.1 Å². The molecule has 0 fully saturated rings. The summed E-state index contributed by atoms with van der Waals surface area (Å²) >= 11 is 0. The van der Waals surface area contributed by atoms with E-state index in [9.17, 15) is 9.59 Å². The molecule has 0 aliphatic rings. The van der Waals surface area contributed by atoms with Crippen molar-refractivity contribution in [3.05, 3.63) is 0 Å². The standard InChI is InChI=1S/C8H12N2O4/c9-3-1-2-4-10(5-7(11)12)6-8(13)14/h1-2,4-6H2,(H,11,12)(H,13,14). The first-order valence-corrected chi connectivity index (χ1v) is 4.09. The summed E-state index contributed by atoms with van der Waals surface area (Å²) in [6.45, 7) is -0.304. The molecule has 14 heavy (non-hydrogen) atoms. The van der Waals surface area contributed by atoms with E-state index in [0.29, 0.717) is 19.4 Å². The van der Waals surface area contributed by atoms with Gasteiger partial charge in [-0.1, -0.05) is 0 Å². The number of rotatable bonds is 7. The Hall–Kier alpha value is -1.61. The van der Waals surface area contributed by atoms with Gasteiger partial charge < -0.3 is 10.2 Å². The Balaban J connectivity index is 3.91. The van der Waals surface area contributed by atoms with E-state index in [4.69, 9.17) is 15.5 Å². The fourth-order valence-electron chi connectivity index (χ4n) is 0.978. The molecule has 0 amide bonds. The molecule has 0 aromatic heterocycles. The Bertz CT molecular complexity index is 230. The van der Waals surface area contributed by atoms with Crippen molar-refractivity contribution in [1.82, 2.24) is 4.90 Å². The van der Waals surface area contributed by atoms with E-state index < -0.39 is 11.9 Å². The van der Waals surface area contributed by atoms with Crippen LogP contribution in [0.2, 0.25) is 0 Å². The third-order valence-corrected chi connectivity index (χ3v) is 1.48. The summed E-state index contributed by atoms with van der Waals surface area (Å²) in [4.78, 5) is 21.9. The van der Waals surface area contributed by atoms with Crippen molar-refractivity contribution >= 4 is 11.9 Å². The number of hydrogen-bond donors (Lipinski definition) is 2. The maximum absolute atomic E-state index is 10.3. The molecule has 0 heterocycles. The normalized spacial score (nSPS) is 9.71. The minimum Gasteiger partial charge on any atom is -0.480 e. The number of unbranched alkanes of at least 4 members (excludes halogenated alkanes) is 1. The fourth-order valence-corrected chi connectivity index (χ4v) is 0.978. The van der Waals surface area contributed by atoms with E-state index >= 15 is 0 Å². The molecule has 0 aliphatic heterocycles. The average molecular weight is 200 g/mol. The van der Waals surface area contributed by atoms with Crippen molar-refractivity contribution < 1.29 is 19.8 Å². The number of nitrogens with zero attached hydrogens (tertiary/aromatic N) is 2. The third-order valence-electron chi connectivity index (χ3n) is 1.48. The molecule has 0 unspecified atom stereocenters. The minimum absolute atomic E-state index is 0.301. The Morgan fingerprint density at radius 3 is 2.07 bits per heavy atom. The van der Waals surface area contributed by atoms with Crippen molar-refractivity contribution in [3.63, 3.8) is 0 Å². The van der Waals surface area contributed by atoms with Crippen LogP contribution in [-0.4, -0.2) is 46.7 Å². The number of carboxylic acid groups (broad SMARTS) is 2.